The molecule has 0 aromatic rings. The fourth-order valence-electron chi connectivity index (χ4n) is 1.91. The van der Waals surface area contributed by atoms with Crippen molar-refractivity contribution in [2.45, 2.75) is 46.1 Å². The standard InChI is InChI=1S/C12H22N2O2/c1-5-9(6-2)8-14-10(15)7-13-12(3,4)11(14)16/h9,13H,5-8H2,1-4H3. The maximum absolute atomic E-state index is 12.1. The molecule has 0 bridgehead atoms. The highest BCUT2D eigenvalue weighted by molar-refractivity contribution is 6.03. The van der Waals surface area contributed by atoms with Crippen molar-refractivity contribution in [3.63, 3.8) is 0 Å². The molecule has 0 aliphatic carbocycles. The van der Waals surface area contributed by atoms with E-state index in [4.69, 9.17) is 0 Å². The van der Waals surface area contributed by atoms with Gasteiger partial charge in [-0.2, -0.15) is 0 Å². The number of carbonyl (C=O) groups excluding carboxylic acids is 2. The molecule has 0 atom stereocenters. The molecule has 0 unspecified atom stereocenters. The fraction of sp³-hybridized carbons (Fsp3) is 0.833. The van der Waals surface area contributed by atoms with Gasteiger partial charge >= 0.3 is 0 Å². The number of nitrogens with one attached hydrogen (secondary N) is 1. The maximum atomic E-state index is 12.1. The molecular weight excluding hydrogens is 204 g/mol. The monoisotopic (exact) mass is 226 g/mol. The number of rotatable bonds is 4. The van der Waals surface area contributed by atoms with Gasteiger partial charge in [0.1, 0.15) is 0 Å². The summed E-state index contributed by atoms with van der Waals surface area (Å²) in [4.78, 5) is 25.2. The van der Waals surface area contributed by atoms with Crippen LogP contribution in [0, 0.1) is 5.92 Å². The number of carbonyl (C=O) groups is 2. The Morgan fingerprint density at radius 2 is 1.88 bits per heavy atom. The second-order valence-electron chi connectivity index (χ2n) is 4.97. The second-order valence-corrected chi connectivity index (χ2v) is 4.97. The zero-order valence-corrected chi connectivity index (χ0v) is 10.7. The number of nitrogens with zero attached hydrogens (tertiary/aromatic N) is 1. The van der Waals surface area contributed by atoms with Crippen LogP contribution < -0.4 is 5.32 Å². The van der Waals surface area contributed by atoms with E-state index in [9.17, 15) is 9.59 Å². The van der Waals surface area contributed by atoms with Gasteiger partial charge in [0, 0.05) is 6.54 Å². The largest absolute Gasteiger partial charge is 0.295 e. The molecule has 0 aromatic carbocycles. The number of hydrogen-bond donors (Lipinski definition) is 1. The zero-order valence-electron chi connectivity index (χ0n) is 10.7. The predicted molar refractivity (Wildman–Crippen MR) is 62.9 cm³/mol. The summed E-state index contributed by atoms with van der Waals surface area (Å²) in [6.07, 6.45) is 2.00. The van der Waals surface area contributed by atoms with Crippen molar-refractivity contribution in [2.75, 3.05) is 13.1 Å². The van der Waals surface area contributed by atoms with E-state index in [1.54, 1.807) is 0 Å². The first-order chi connectivity index (χ1) is 7.42. The Morgan fingerprint density at radius 3 is 2.38 bits per heavy atom. The van der Waals surface area contributed by atoms with E-state index in [2.05, 4.69) is 19.2 Å². The summed E-state index contributed by atoms with van der Waals surface area (Å²) in [6, 6.07) is 0. The van der Waals surface area contributed by atoms with Crippen molar-refractivity contribution in [1.29, 1.82) is 0 Å². The summed E-state index contributed by atoms with van der Waals surface area (Å²) < 4.78 is 0. The van der Waals surface area contributed by atoms with Crippen LogP contribution in [-0.4, -0.2) is 35.3 Å². The summed E-state index contributed by atoms with van der Waals surface area (Å²) in [6.45, 7) is 8.66. The first-order valence-corrected chi connectivity index (χ1v) is 6.02. The third-order valence-corrected chi connectivity index (χ3v) is 3.36. The van der Waals surface area contributed by atoms with Gasteiger partial charge < -0.3 is 0 Å². The van der Waals surface area contributed by atoms with Gasteiger partial charge in [-0.15, -0.1) is 0 Å². The molecule has 1 heterocycles. The Kier molecular flexibility index (Phi) is 4.08. The summed E-state index contributed by atoms with van der Waals surface area (Å²) in [5.41, 5.74) is -0.611. The Morgan fingerprint density at radius 1 is 1.31 bits per heavy atom. The maximum Gasteiger partial charge on any atom is 0.248 e. The number of piperazine rings is 1. The first-order valence-electron chi connectivity index (χ1n) is 6.02. The summed E-state index contributed by atoms with van der Waals surface area (Å²) >= 11 is 0. The highest BCUT2D eigenvalue weighted by atomic mass is 16.2. The minimum atomic E-state index is -0.611. The van der Waals surface area contributed by atoms with Gasteiger partial charge in [-0.05, 0) is 19.8 Å². The molecular formula is C12H22N2O2. The van der Waals surface area contributed by atoms with Crippen LogP contribution >= 0.6 is 0 Å². The normalized spacial score (nSPS) is 20.7. The Hall–Kier alpha value is -0.900. The molecule has 4 heteroatoms. The van der Waals surface area contributed by atoms with Crippen molar-refractivity contribution in [2.24, 2.45) is 5.92 Å². The molecule has 16 heavy (non-hydrogen) atoms. The smallest absolute Gasteiger partial charge is 0.248 e. The quantitative estimate of drug-likeness (QED) is 0.732. The molecule has 1 N–H and O–H groups in total. The molecule has 1 rings (SSSR count). The van der Waals surface area contributed by atoms with Gasteiger partial charge in [0.15, 0.2) is 0 Å². The van der Waals surface area contributed by atoms with Crippen LogP contribution in [0.3, 0.4) is 0 Å². The van der Waals surface area contributed by atoms with Crippen LogP contribution in [0.1, 0.15) is 40.5 Å². The van der Waals surface area contributed by atoms with Crippen LogP contribution in [0.5, 0.6) is 0 Å². The molecule has 92 valence electrons. The van der Waals surface area contributed by atoms with E-state index in [0.29, 0.717) is 12.5 Å². The Balaban J connectivity index is 2.76. The lowest BCUT2D eigenvalue weighted by Crippen LogP contribution is -2.64. The van der Waals surface area contributed by atoms with Crippen molar-refractivity contribution < 1.29 is 9.59 Å². The molecule has 2 amide bonds. The summed E-state index contributed by atoms with van der Waals surface area (Å²) in [7, 11) is 0. The topological polar surface area (TPSA) is 49.4 Å². The third-order valence-electron chi connectivity index (χ3n) is 3.36. The first kappa shape index (κ1) is 13.2. The molecule has 1 fully saturated rings. The summed E-state index contributed by atoms with van der Waals surface area (Å²) in [5, 5.41) is 2.96. The fourth-order valence-corrected chi connectivity index (χ4v) is 1.91. The molecule has 4 nitrogen and oxygen atoms in total. The molecule has 1 aliphatic heterocycles. The van der Waals surface area contributed by atoms with E-state index < -0.39 is 5.54 Å². The SMILES string of the molecule is CCC(CC)CN1C(=O)CNC(C)(C)C1=O. The van der Waals surface area contributed by atoms with Crippen molar-refractivity contribution in [1.82, 2.24) is 10.2 Å². The lowest BCUT2D eigenvalue weighted by atomic mass is 9.97. The highest BCUT2D eigenvalue weighted by Crippen LogP contribution is 2.17. The molecule has 1 saturated heterocycles. The molecule has 0 radical (unpaired) electrons. The average Bonchev–Trinajstić information content (AvgIpc) is 2.25. The molecule has 1 aliphatic rings. The van der Waals surface area contributed by atoms with E-state index in [1.165, 1.54) is 4.90 Å². The van der Waals surface area contributed by atoms with Crippen LogP contribution in [0.15, 0.2) is 0 Å². The number of imide groups is 1. The van der Waals surface area contributed by atoms with Crippen molar-refractivity contribution >= 4 is 11.8 Å². The second kappa shape index (κ2) is 4.95. The van der Waals surface area contributed by atoms with E-state index in [1.807, 2.05) is 13.8 Å². The van der Waals surface area contributed by atoms with Crippen molar-refractivity contribution in [3.05, 3.63) is 0 Å². The van der Waals surface area contributed by atoms with Crippen LogP contribution in [0.4, 0.5) is 0 Å². The van der Waals surface area contributed by atoms with Crippen LogP contribution in [0.2, 0.25) is 0 Å². The van der Waals surface area contributed by atoms with Crippen molar-refractivity contribution in [3.8, 4) is 0 Å². The van der Waals surface area contributed by atoms with Crippen LogP contribution in [-0.2, 0) is 9.59 Å². The van der Waals surface area contributed by atoms with Gasteiger partial charge in [0.2, 0.25) is 11.8 Å². The van der Waals surface area contributed by atoms with Gasteiger partial charge in [-0.3, -0.25) is 19.8 Å². The molecule has 0 saturated carbocycles. The third kappa shape index (κ3) is 2.61. The average molecular weight is 226 g/mol. The van der Waals surface area contributed by atoms with E-state index in [-0.39, 0.29) is 18.4 Å². The Bertz CT molecular complexity index is 283. The van der Waals surface area contributed by atoms with Crippen LogP contribution in [0.25, 0.3) is 0 Å². The predicted octanol–water partition coefficient (Wildman–Crippen LogP) is 1.16. The van der Waals surface area contributed by atoms with Gasteiger partial charge in [0.05, 0.1) is 12.1 Å². The molecule has 0 aromatic heterocycles. The van der Waals surface area contributed by atoms with Gasteiger partial charge in [0.25, 0.3) is 0 Å². The lowest BCUT2D eigenvalue weighted by Gasteiger charge is -2.37. The zero-order chi connectivity index (χ0) is 12.3. The Labute approximate surface area is 97.4 Å². The van der Waals surface area contributed by atoms with Gasteiger partial charge in [-0.25, -0.2) is 0 Å². The number of amides is 2. The van der Waals surface area contributed by atoms with Gasteiger partial charge in [-0.1, -0.05) is 26.7 Å². The minimum absolute atomic E-state index is 0.101. The molecule has 0 spiro atoms. The van der Waals surface area contributed by atoms with E-state index >= 15 is 0 Å². The summed E-state index contributed by atoms with van der Waals surface area (Å²) in [5.74, 6) is 0.216. The number of hydrogen-bond acceptors (Lipinski definition) is 3. The van der Waals surface area contributed by atoms with E-state index in [0.717, 1.165) is 12.8 Å². The minimum Gasteiger partial charge on any atom is -0.295 e. The highest BCUT2D eigenvalue weighted by Gasteiger charge is 2.40. The lowest BCUT2D eigenvalue weighted by molar-refractivity contribution is -0.153.